The minimum atomic E-state index is -1.07. The Morgan fingerprint density at radius 3 is 1.42 bits per heavy atom. The van der Waals surface area contributed by atoms with Gasteiger partial charge in [0.15, 0.2) is 0 Å². The average Bonchev–Trinajstić information content (AvgIpc) is 2.61. The number of nitrogens with zero attached hydrogens (tertiary/aromatic N) is 2. The van der Waals surface area contributed by atoms with E-state index < -0.39 is 24.0 Å². The highest BCUT2D eigenvalue weighted by Crippen LogP contribution is 2.22. The Morgan fingerprint density at radius 1 is 0.808 bits per heavy atom. The number of rotatable bonds is 14. The quantitative estimate of drug-likeness (QED) is 0.136. The zero-order valence-corrected chi connectivity index (χ0v) is 15.8. The molecular formula is C14H24N4O6S2. The van der Waals surface area contributed by atoms with Crippen molar-refractivity contribution < 1.29 is 29.4 Å². The van der Waals surface area contributed by atoms with Gasteiger partial charge in [-0.05, 0) is 12.8 Å². The molecule has 2 atom stereocenters. The lowest BCUT2D eigenvalue weighted by Gasteiger charge is -2.07. The number of carboxylic acid groups (broad SMARTS) is 2. The van der Waals surface area contributed by atoms with Crippen LogP contribution < -0.4 is 11.5 Å². The summed E-state index contributed by atoms with van der Waals surface area (Å²) in [6.45, 7) is 1.11. The molecule has 0 rings (SSSR count). The third-order valence-electron chi connectivity index (χ3n) is 2.63. The number of aliphatic imine (C=N–C) groups is 2. The van der Waals surface area contributed by atoms with Crippen molar-refractivity contribution in [3.63, 3.8) is 0 Å². The standard InChI is InChI=1S/C8H12N2O2.C6H12N2O4S2/c11-7-9-5-3-1-2-4-6-10-8-12;7-3(5(9)10)1-13-14-2-4(8)6(11)12/h1-6H2;3-4H,1-2,7-8H2,(H,9,10)(H,11,12). The van der Waals surface area contributed by atoms with Crippen LogP contribution in [0.5, 0.6) is 0 Å². The fourth-order valence-corrected chi connectivity index (χ4v) is 3.44. The Balaban J connectivity index is 0. The summed E-state index contributed by atoms with van der Waals surface area (Å²) in [6.07, 6.45) is 6.80. The zero-order valence-electron chi connectivity index (χ0n) is 14.2. The van der Waals surface area contributed by atoms with Gasteiger partial charge in [-0.25, -0.2) is 19.6 Å². The molecule has 2 unspecified atom stereocenters. The molecule has 0 saturated carbocycles. The first kappa shape index (κ1) is 26.5. The van der Waals surface area contributed by atoms with E-state index in [1.807, 2.05) is 0 Å². The number of isocyanates is 2. The highest BCUT2D eigenvalue weighted by molar-refractivity contribution is 8.76. The van der Waals surface area contributed by atoms with Gasteiger partial charge in [-0.1, -0.05) is 34.4 Å². The minimum absolute atomic E-state index is 0.229. The molecule has 0 bridgehead atoms. The van der Waals surface area contributed by atoms with Crippen LogP contribution in [-0.2, 0) is 19.2 Å². The Hall–Kier alpha value is -1.68. The van der Waals surface area contributed by atoms with E-state index in [9.17, 15) is 19.2 Å². The van der Waals surface area contributed by atoms with E-state index in [-0.39, 0.29) is 11.5 Å². The SMILES string of the molecule is NC(CSSCC(N)C(=O)O)C(=O)O.O=C=NCCCCCCN=C=O. The van der Waals surface area contributed by atoms with E-state index in [4.69, 9.17) is 21.7 Å². The molecular weight excluding hydrogens is 384 g/mol. The van der Waals surface area contributed by atoms with Crippen molar-refractivity contribution in [3.8, 4) is 0 Å². The molecule has 0 aliphatic rings. The van der Waals surface area contributed by atoms with Crippen LogP contribution in [0.25, 0.3) is 0 Å². The maximum absolute atomic E-state index is 10.3. The second-order valence-corrected chi connectivity index (χ2v) is 7.37. The number of aliphatic carboxylic acids is 2. The Labute approximate surface area is 159 Å². The average molecular weight is 409 g/mol. The van der Waals surface area contributed by atoms with Crippen LogP contribution in [-0.4, -0.2) is 71.0 Å². The van der Waals surface area contributed by atoms with E-state index >= 15 is 0 Å². The number of carboxylic acids is 2. The molecule has 148 valence electrons. The molecule has 0 aliphatic carbocycles. The number of hydrogen-bond acceptors (Lipinski definition) is 10. The molecule has 0 amide bonds. The molecule has 0 aliphatic heterocycles. The first-order valence-corrected chi connectivity index (χ1v) is 10.1. The third kappa shape index (κ3) is 20.4. The zero-order chi connectivity index (χ0) is 20.2. The van der Waals surface area contributed by atoms with Gasteiger partial charge in [-0.3, -0.25) is 9.59 Å². The van der Waals surface area contributed by atoms with Crippen molar-refractivity contribution in [1.29, 1.82) is 0 Å². The van der Waals surface area contributed by atoms with Crippen LogP contribution in [0.3, 0.4) is 0 Å². The van der Waals surface area contributed by atoms with E-state index in [1.165, 1.54) is 33.7 Å². The van der Waals surface area contributed by atoms with Gasteiger partial charge in [-0.15, -0.1) is 0 Å². The summed E-state index contributed by atoms with van der Waals surface area (Å²) < 4.78 is 0. The van der Waals surface area contributed by atoms with Crippen LogP contribution in [0.4, 0.5) is 0 Å². The van der Waals surface area contributed by atoms with Crippen LogP contribution in [0.1, 0.15) is 25.7 Å². The molecule has 0 aromatic rings. The molecule has 12 heteroatoms. The summed E-state index contributed by atoms with van der Waals surface area (Å²) in [6, 6.07) is -1.85. The highest BCUT2D eigenvalue weighted by atomic mass is 33.1. The first-order chi connectivity index (χ1) is 12.4. The highest BCUT2D eigenvalue weighted by Gasteiger charge is 2.14. The monoisotopic (exact) mass is 408 g/mol. The van der Waals surface area contributed by atoms with Gasteiger partial charge in [0.2, 0.25) is 12.2 Å². The third-order valence-corrected chi connectivity index (χ3v) is 5.11. The predicted octanol–water partition coefficient (Wildman–Crippen LogP) is 0.410. The Bertz CT molecular complexity index is 452. The minimum Gasteiger partial charge on any atom is -0.480 e. The maximum Gasteiger partial charge on any atom is 0.321 e. The summed E-state index contributed by atoms with van der Waals surface area (Å²) in [5.41, 5.74) is 10.4. The second kappa shape index (κ2) is 19.6. The summed E-state index contributed by atoms with van der Waals surface area (Å²) in [5.74, 6) is -1.68. The van der Waals surface area contributed by atoms with Crippen molar-refractivity contribution >= 4 is 45.7 Å². The van der Waals surface area contributed by atoms with Crippen LogP contribution in [0.15, 0.2) is 9.98 Å². The summed E-state index contributed by atoms with van der Waals surface area (Å²) in [7, 11) is 2.41. The molecule has 26 heavy (non-hydrogen) atoms. The molecule has 10 nitrogen and oxygen atoms in total. The summed E-state index contributed by atoms with van der Waals surface area (Å²) in [5, 5.41) is 16.8. The van der Waals surface area contributed by atoms with E-state index in [0.29, 0.717) is 13.1 Å². The second-order valence-electron chi connectivity index (χ2n) is 4.82. The van der Waals surface area contributed by atoms with Crippen LogP contribution in [0.2, 0.25) is 0 Å². The Kier molecular flexibility index (Phi) is 20.1. The molecule has 0 radical (unpaired) electrons. The lowest BCUT2D eigenvalue weighted by atomic mass is 10.2. The molecule has 0 aromatic carbocycles. The van der Waals surface area contributed by atoms with Crippen molar-refractivity contribution in [2.45, 2.75) is 37.8 Å². The van der Waals surface area contributed by atoms with Crippen LogP contribution in [0, 0.1) is 0 Å². The number of hydrogen-bond donors (Lipinski definition) is 4. The summed E-state index contributed by atoms with van der Waals surface area (Å²) >= 11 is 0. The molecule has 6 N–H and O–H groups in total. The van der Waals surface area contributed by atoms with Crippen molar-refractivity contribution in [2.24, 2.45) is 21.5 Å². The number of nitrogens with two attached hydrogens (primary N) is 2. The van der Waals surface area contributed by atoms with E-state index in [1.54, 1.807) is 0 Å². The van der Waals surface area contributed by atoms with Gasteiger partial charge in [0.1, 0.15) is 12.1 Å². The molecule has 0 spiro atoms. The van der Waals surface area contributed by atoms with Crippen molar-refractivity contribution in [3.05, 3.63) is 0 Å². The van der Waals surface area contributed by atoms with Gasteiger partial charge >= 0.3 is 11.9 Å². The smallest absolute Gasteiger partial charge is 0.321 e. The van der Waals surface area contributed by atoms with Gasteiger partial charge in [0.05, 0.1) is 13.1 Å². The Morgan fingerprint density at radius 2 is 1.15 bits per heavy atom. The van der Waals surface area contributed by atoms with E-state index in [0.717, 1.165) is 25.7 Å². The van der Waals surface area contributed by atoms with Gasteiger partial charge in [0, 0.05) is 11.5 Å². The number of unbranched alkanes of at least 4 members (excludes halogenated alkanes) is 3. The van der Waals surface area contributed by atoms with Gasteiger partial charge < -0.3 is 21.7 Å². The largest absolute Gasteiger partial charge is 0.480 e. The fourth-order valence-electron chi connectivity index (χ4n) is 1.21. The molecule has 0 fully saturated rings. The van der Waals surface area contributed by atoms with Gasteiger partial charge in [-0.2, -0.15) is 0 Å². The lowest BCUT2D eigenvalue weighted by Crippen LogP contribution is -2.33. The van der Waals surface area contributed by atoms with Crippen molar-refractivity contribution in [1.82, 2.24) is 0 Å². The van der Waals surface area contributed by atoms with Gasteiger partial charge in [0.25, 0.3) is 0 Å². The summed E-state index contributed by atoms with van der Waals surface area (Å²) in [4.78, 5) is 46.6. The maximum atomic E-state index is 10.3. The predicted molar refractivity (Wildman–Crippen MR) is 101 cm³/mol. The molecule has 0 aromatic heterocycles. The van der Waals surface area contributed by atoms with Crippen LogP contribution >= 0.6 is 21.6 Å². The van der Waals surface area contributed by atoms with Crippen molar-refractivity contribution in [2.75, 3.05) is 24.6 Å². The molecule has 0 saturated heterocycles. The fraction of sp³-hybridized carbons (Fsp3) is 0.714. The normalized spacial score (nSPS) is 11.8. The van der Waals surface area contributed by atoms with E-state index in [2.05, 4.69) is 9.98 Å². The topological polar surface area (TPSA) is 186 Å². The lowest BCUT2D eigenvalue weighted by molar-refractivity contribution is -0.138. The number of carbonyl (C=O) groups excluding carboxylic acids is 2. The molecule has 0 heterocycles. The first-order valence-electron chi connectivity index (χ1n) is 7.65. The number of carbonyl (C=O) groups is 2.